The van der Waals surface area contributed by atoms with Crippen LogP contribution in [0.3, 0.4) is 0 Å². The molecule has 0 aliphatic heterocycles. The number of ether oxygens (including phenoxy) is 1. The highest BCUT2D eigenvalue weighted by Crippen LogP contribution is 2.22. The average molecular weight is 438 g/mol. The van der Waals surface area contributed by atoms with E-state index in [2.05, 4.69) is 10.3 Å². The first kappa shape index (κ1) is 21.2. The molecule has 1 N–H and O–H groups in total. The number of imidazole rings is 1. The van der Waals surface area contributed by atoms with Crippen LogP contribution in [0.1, 0.15) is 6.92 Å². The van der Waals surface area contributed by atoms with E-state index in [1.54, 1.807) is 0 Å². The summed E-state index contributed by atoms with van der Waals surface area (Å²) < 4.78 is 21.5. The Balaban J connectivity index is 1.73. The van der Waals surface area contributed by atoms with E-state index in [-0.39, 0.29) is 21.9 Å². The molecule has 0 bridgehead atoms. The van der Waals surface area contributed by atoms with Crippen LogP contribution in [0.15, 0.2) is 34.1 Å². The summed E-state index contributed by atoms with van der Waals surface area (Å²) in [7, 11) is 2.76. The Morgan fingerprint density at radius 2 is 1.97 bits per heavy atom. The van der Waals surface area contributed by atoms with Crippen molar-refractivity contribution in [2.75, 3.05) is 5.32 Å². The molecule has 0 saturated heterocycles. The summed E-state index contributed by atoms with van der Waals surface area (Å²) in [6, 6.07) is 3.43. The fourth-order valence-electron chi connectivity index (χ4n) is 2.77. The zero-order chi connectivity index (χ0) is 22.2. The second kappa shape index (κ2) is 8.11. The van der Waals surface area contributed by atoms with Crippen molar-refractivity contribution in [1.29, 1.82) is 0 Å². The number of anilines is 1. The van der Waals surface area contributed by atoms with Crippen molar-refractivity contribution < 1.29 is 18.7 Å². The van der Waals surface area contributed by atoms with Gasteiger partial charge in [0.15, 0.2) is 17.3 Å². The molecule has 1 atom stereocenters. The Labute approximate surface area is 173 Å². The van der Waals surface area contributed by atoms with Gasteiger partial charge in [-0.3, -0.25) is 23.5 Å². The monoisotopic (exact) mass is 437 g/mol. The van der Waals surface area contributed by atoms with Gasteiger partial charge in [-0.15, -0.1) is 0 Å². The van der Waals surface area contributed by atoms with Crippen LogP contribution in [-0.4, -0.2) is 36.7 Å². The quantitative estimate of drug-likeness (QED) is 0.590. The van der Waals surface area contributed by atoms with E-state index in [0.717, 1.165) is 16.7 Å². The van der Waals surface area contributed by atoms with Gasteiger partial charge in [-0.2, -0.15) is 0 Å². The standard InChI is InChI=1S/C18H17ClFN5O5/c1-9(16(27)22-12-5-4-10(20)6-11(12)19)30-13(26)7-25-8-21-15-14(25)17(28)24(3)18(29)23(15)2/h4-6,8-9H,7H2,1-3H3,(H,22,27). The third-order valence-electron chi connectivity index (χ3n) is 4.38. The van der Waals surface area contributed by atoms with Crippen LogP contribution >= 0.6 is 11.6 Å². The summed E-state index contributed by atoms with van der Waals surface area (Å²) in [6.07, 6.45) is 0.0380. The molecule has 1 amide bonds. The molecule has 0 saturated carbocycles. The predicted octanol–water partition coefficient (Wildman–Crippen LogP) is 0.797. The minimum atomic E-state index is -1.19. The molecule has 1 aromatic carbocycles. The molecule has 10 nitrogen and oxygen atoms in total. The highest BCUT2D eigenvalue weighted by Gasteiger charge is 2.21. The third-order valence-corrected chi connectivity index (χ3v) is 4.70. The molecule has 3 aromatic rings. The summed E-state index contributed by atoms with van der Waals surface area (Å²) in [4.78, 5) is 52.9. The molecule has 2 heterocycles. The van der Waals surface area contributed by atoms with E-state index >= 15 is 0 Å². The summed E-state index contributed by atoms with van der Waals surface area (Å²) in [5.41, 5.74) is -0.837. The predicted molar refractivity (Wildman–Crippen MR) is 106 cm³/mol. The maximum absolute atomic E-state index is 13.1. The van der Waals surface area contributed by atoms with E-state index < -0.39 is 41.6 Å². The number of benzene rings is 1. The van der Waals surface area contributed by atoms with E-state index in [9.17, 15) is 23.6 Å². The molecule has 2 aromatic heterocycles. The van der Waals surface area contributed by atoms with Crippen LogP contribution in [0.25, 0.3) is 11.2 Å². The molecular formula is C18H17ClFN5O5. The van der Waals surface area contributed by atoms with Crippen molar-refractivity contribution in [2.24, 2.45) is 14.1 Å². The lowest BCUT2D eigenvalue weighted by atomic mass is 10.3. The van der Waals surface area contributed by atoms with E-state index in [1.807, 2.05) is 0 Å². The SMILES string of the molecule is CC(OC(=O)Cn1cnc2c1c(=O)n(C)c(=O)n2C)C(=O)Nc1ccc(F)cc1Cl. The lowest BCUT2D eigenvalue weighted by Gasteiger charge is -2.14. The fraction of sp³-hybridized carbons (Fsp3) is 0.278. The van der Waals surface area contributed by atoms with Crippen molar-refractivity contribution >= 4 is 40.3 Å². The van der Waals surface area contributed by atoms with Crippen LogP contribution in [0, 0.1) is 5.82 Å². The first-order valence-electron chi connectivity index (χ1n) is 8.66. The Kier molecular flexibility index (Phi) is 5.74. The van der Waals surface area contributed by atoms with Gasteiger partial charge in [0.2, 0.25) is 0 Å². The number of halogens is 2. The van der Waals surface area contributed by atoms with Gasteiger partial charge >= 0.3 is 11.7 Å². The molecule has 0 aliphatic carbocycles. The highest BCUT2D eigenvalue weighted by atomic mass is 35.5. The Morgan fingerprint density at radius 3 is 2.63 bits per heavy atom. The number of hydrogen-bond acceptors (Lipinski definition) is 6. The molecule has 30 heavy (non-hydrogen) atoms. The lowest BCUT2D eigenvalue weighted by Crippen LogP contribution is -2.38. The summed E-state index contributed by atoms with van der Waals surface area (Å²) in [6.45, 7) is 0.943. The first-order valence-corrected chi connectivity index (χ1v) is 9.04. The van der Waals surface area contributed by atoms with Gasteiger partial charge in [0.25, 0.3) is 11.5 Å². The lowest BCUT2D eigenvalue weighted by molar-refractivity contribution is -0.153. The van der Waals surface area contributed by atoms with Gasteiger partial charge in [0, 0.05) is 14.1 Å². The topological polar surface area (TPSA) is 117 Å². The van der Waals surface area contributed by atoms with Gasteiger partial charge in [-0.05, 0) is 25.1 Å². The molecule has 0 radical (unpaired) electrons. The van der Waals surface area contributed by atoms with Crippen molar-refractivity contribution in [3.05, 3.63) is 56.2 Å². The molecule has 0 aliphatic rings. The van der Waals surface area contributed by atoms with Gasteiger partial charge in [0.1, 0.15) is 12.4 Å². The van der Waals surface area contributed by atoms with Crippen LogP contribution in [-0.2, 0) is 35.0 Å². The largest absolute Gasteiger partial charge is 0.451 e. The van der Waals surface area contributed by atoms with Crippen LogP contribution < -0.4 is 16.6 Å². The van der Waals surface area contributed by atoms with Gasteiger partial charge in [-0.1, -0.05) is 11.6 Å². The first-order chi connectivity index (χ1) is 14.1. The molecule has 12 heteroatoms. The number of amides is 1. The number of aromatic nitrogens is 4. The van der Waals surface area contributed by atoms with Crippen molar-refractivity contribution in [3.8, 4) is 0 Å². The number of esters is 1. The Morgan fingerprint density at radius 1 is 1.27 bits per heavy atom. The normalized spacial score (nSPS) is 12.0. The number of rotatable bonds is 5. The molecule has 0 spiro atoms. The van der Waals surface area contributed by atoms with Gasteiger partial charge in [-0.25, -0.2) is 14.2 Å². The zero-order valence-electron chi connectivity index (χ0n) is 16.2. The molecule has 1 unspecified atom stereocenters. The number of carbonyl (C=O) groups is 2. The number of fused-ring (bicyclic) bond motifs is 1. The van der Waals surface area contributed by atoms with E-state index in [1.165, 1.54) is 42.5 Å². The average Bonchev–Trinajstić information content (AvgIpc) is 3.10. The van der Waals surface area contributed by atoms with Crippen LogP contribution in [0.2, 0.25) is 5.02 Å². The minimum Gasteiger partial charge on any atom is -0.451 e. The summed E-state index contributed by atoms with van der Waals surface area (Å²) in [5, 5.41) is 2.43. The maximum Gasteiger partial charge on any atom is 0.332 e. The second-order valence-corrected chi connectivity index (χ2v) is 6.90. The van der Waals surface area contributed by atoms with Crippen LogP contribution in [0.5, 0.6) is 0 Å². The molecule has 0 fully saturated rings. The van der Waals surface area contributed by atoms with Crippen molar-refractivity contribution in [3.63, 3.8) is 0 Å². The number of hydrogen-bond donors (Lipinski definition) is 1. The number of nitrogens with one attached hydrogen (secondary N) is 1. The zero-order valence-corrected chi connectivity index (χ0v) is 16.9. The van der Waals surface area contributed by atoms with Crippen molar-refractivity contribution in [2.45, 2.75) is 19.6 Å². The molecule has 158 valence electrons. The summed E-state index contributed by atoms with van der Waals surface area (Å²) >= 11 is 5.86. The fourth-order valence-corrected chi connectivity index (χ4v) is 2.98. The van der Waals surface area contributed by atoms with E-state index in [0.29, 0.717) is 0 Å². The van der Waals surface area contributed by atoms with Crippen molar-refractivity contribution in [1.82, 2.24) is 18.7 Å². The third kappa shape index (κ3) is 3.96. The van der Waals surface area contributed by atoms with Crippen LogP contribution in [0.4, 0.5) is 10.1 Å². The van der Waals surface area contributed by atoms with Gasteiger partial charge in [0.05, 0.1) is 17.0 Å². The minimum absolute atomic E-state index is 0.00628. The second-order valence-electron chi connectivity index (χ2n) is 6.50. The maximum atomic E-state index is 13.1. The summed E-state index contributed by atoms with van der Waals surface area (Å²) in [5.74, 6) is -2.04. The Bertz CT molecular complexity index is 1280. The van der Waals surface area contributed by atoms with Gasteiger partial charge < -0.3 is 14.6 Å². The number of aryl methyl sites for hydroxylation is 1. The number of nitrogens with zero attached hydrogens (tertiary/aromatic N) is 4. The Hall–Kier alpha value is -3.47. The molecular weight excluding hydrogens is 421 g/mol. The highest BCUT2D eigenvalue weighted by molar-refractivity contribution is 6.33. The molecule has 3 rings (SSSR count). The smallest absolute Gasteiger partial charge is 0.332 e. The number of carbonyl (C=O) groups excluding carboxylic acids is 2. The van der Waals surface area contributed by atoms with E-state index in [4.69, 9.17) is 16.3 Å².